The van der Waals surface area contributed by atoms with Crippen molar-refractivity contribution < 1.29 is 9.18 Å². The zero-order valence-electron chi connectivity index (χ0n) is 11.4. The van der Waals surface area contributed by atoms with E-state index in [1.54, 1.807) is 18.2 Å². The molecule has 0 aliphatic carbocycles. The summed E-state index contributed by atoms with van der Waals surface area (Å²) < 4.78 is 13.7. The van der Waals surface area contributed by atoms with E-state index >= 15 is 0 Å². The Morgan fingerprint density at radius 2 is 2.05 bits per heavy atom. The molecule has 0 saturated carbocycles. The van der Waals surface area contributed by atoms with E-state index in [4.69, 9.17) is 0 Å². The van der Waals surface area contributed by atoms with Crippen LogP contribution >= 0.6 is 11.8 Å². The Balaban J connectivity index is 1.67. The van der Waals surface area contributed by atoms with E-state index in [0.717, 1.165) is 24.6 Å². The molecule has 1 amide bonds. The quantitative estimate of drug-likeness (QED) is 0.636. The van der Waals surface area contributed by atoms with Crippen molar-refractivity contribution in [2.45, 2.75) is 12.2 Å². The highest BCUT2D eigenvalue weighted by Crippen LogP contribution is 2.16. The third-order valence-electron chi connectivity index (χ3n) is 3.56. The highest BCUT2D eigenvalue weighted by atomic mass is 32.2. The minimum Gasteiger partial charge on any atom is -0.365 e. The van der Waals surface area contributed by atoms with Crippen LogP contribution in [0.1, 0.15) is 0 Å². The van der Waals surface area contributed by atoms with Crippen LogP contribution in [0.15, 0.2) is 24.3 Å². The number of rotatable bonds is 3. The van der Waals surface area contributed by atoms with Gasteiger partial charge in [-0.2, -0.15) is 17.3 Å². The van der Waals surface area contributed by atoms with Gasteiger partial charge in [-0.3, -0.25) is 4.79 Å². The van der Waals surface area contributed by atoms with Gasteiger partial charge in [0.25, 0.3) is 0 Å². The Bertz CT molecular complexity index is 511. The Morgan fingerprint density at radius 3 is 2.81 bits per heavy atom. The van der Waals surface area contributed by atoms with Crippen LogP contribution in [0.3, 0.4) is 0 Å². The summed E-state index contributed by atoms with van der Waals surface area (Å²) in [5.74, 6) is 1.60. The van der Waals surface area contributed by atoms with Gasteiger partial charge in [-0.25, -0.2) is 15.2 Å². The fourth-order valence-corrected chi connectivity index (χ4v) is 3.32. The van der Waals surface area contributed by atoms with Crippen LogP contribution in [0.2, 0.25) is 0 Å². The molecule has 2 heterocycles. The minimum absolute atomic E-state index is 0.0154. The zero-order valence-corrected chi connectivity index (χ0v) is 12.3. The number of hydrogen-bond acceptors (Lipinski definition) is 6. The lowest BCUT2D eigenvalue weighted by atomic mass is 10.2. The van der Waals surface area contributed by atoms with Gasteiger partial charge in [0.1, 0.15) is 18.0 Å². The molecule has 1 aromatic rings. The largest absolute Gasteiger partial charge is 0.365 e. The summed E-state index contributed by atoms with van der Waals surface area (Å²) in [5, 5.41) is 3.02. The summed E-state index contributed by atoms with van der Waals surface area (Å²) in [4.78, 5) is 14.4. The number of anilines is 1. The van der Waals surface area contributed by atoms with Crippen molar-refractivity contribution in [3.8, 4) is 0 Å². The number of halogens is 1. The fourth-order valence-electron chi connectivity index (χ4n) is 2.41. The Morgan fingerprint density at radius 1 is 1.29 bits per heavy atom. The maximum Gasteiger partial charge on any atom is 0.244 e. The van der Waals surface area contributed by atoms with E-state index in [9.17, 15) is 9.18 Å². The highest BCUT2D eigenvalue weighted by molar-refractivity contribution is 7.99. The van der Waals surface area contributed by atoms with Crippen LogP contribution in [-0.2, 0) is 4.79 Å². The summed E-state index contributed by atoms with van der Waals surface area (Å²) >= 11 is 1.85. The minimum atomic E-state index is -0.479. The van der Waals surface area contributed by atoms with E-state index < -0.39 is 12.2 Å². The summed E-state index contributed by atoms with van der Waals surface area (Å²) in [6.45, 7) is 1.52. The predicted molar refractivity (Wildman–Crippen MR) is 80.9 cm³/mol. The highest BCUT2D eigenvalue weighted by Gasteiger charge is 2.36. The predicted octanol–water partition coefficient (Wildman–Crippen LogP) is 0.120. The first-order valence-electron chi connectivity index (χ1n) is 6.89. The van der Waals surface area contributed by atoms with Crippen molar-refractivity contribution in [3.05, 3.63) is 30.1 Å². The van der Waals surface area contributed by atoms with Crippen LogP contribution in [-0.4, -0.2) is 47.6 Å². The van der Waals surface area contributed by atoms with Gasteiger partial charge in [0.15, 0.2) is 0 Å². The topological polar surface area (TPSA) is 68.4 Å². The van der Waals surface area contributed by atoms with Crippen molar-refractivity contribution in [2.75, 3.05) is 29.9 Å². The second-order valence-electron chi connectivity index (χ2n) is 4.93. The second kappa shape index (κ2) is 6.61. The SMILES string of the molecule is O=C(C1NNNC1Nc1ccccc1F)N1CCSCC1. The normalized spacial score (nSPS) is 25.9. The van der Waals surface area contributed by atoms with Crippen LogP contribution < -0.4 is 21.7 Å². The maximum absolute atomic E-state index is 13.7. The third-order valence-corrected chi connectivity index (χ3v) is 4.50. The maximum atomic E-state index is 13.7. The Kier molecular flexibility index (Phi) is 4.59. The van der Waals surface area contributed by atoms with E-state index in [2.05, 4.69) is 21.7 Å². The van der Waals surface area contributed by atoms with Crippen LogP contribution in [0.25, 0.3) is 0 Å². The Hall–Kier alpha value is -1.35. The van der Waals surface area contributed by atoms with Gasteiger partial charge in [-0.15, -0.1) is 0 Å². The van der Waals surface area contributed by atoms with Crippen molar-refractivity contribution in [3.63, 3.8) is 0 Å². The third kappa shape index (κ3) is 3.29. The first-order chi connectivity index (χ1) is 10.3. The number of benzene rings is 1. The average molecular weight is 311 g/mol. The summed E-state index contributed by atoms with van der Waals surface area (Å²) in [7, 11) is 0. The molecule has 1 aromatic carbocycles. The van der Waals surface area contributed by atoms with E-state index in [-0.39, 0.29) is 11.7 Å². The van der Waals surface area contributed by atoms with Crippen LogP contribution in [0.4, 0.5) is 10.1 Å². The molecular weight excluding hydrogens is 293 g/mol. The van der Waals surface area contributed by atoms with E-state index in [1.807, 2.05) is 16.7 Å². The number of thioether (sulfide) groups is 1. The van der Waals surface area contributed by atoms with Gasteiger partial charge in [-0.05, 0) is 12.1 Å². The number of hydrogen-bond donors (Lipinski definition) is 4. The first kappa shape index (κ1) is 14.6. The molecule has 2 aliphatic rings. The number of nitrogens with zero attached hydrogens (tertiary/aromatic N) is 1. The van der Waals surface area contributed by atoms with Crippen molar-refractivity contribution >= 4 is 23.4 Å². The summed E-state index contributed by atoms with van der Waals surface area (Å²) in [6, 6.07) is 5.94. The van der Waals surface area contributed by atoms with Gasteiger partial charge >= 0.3 is 0 Å². The number of carbonyl (C=O) groups is 1. The molecular formula is C13H18FN5OS. The number of carbonyl (C=O) groups excluding carboxylic acids is 1. The van der Waals surface area contributed by atoms with Gasteiger partial charge in [0.05, 0.1) is 5.69 Å². The second-order valence-corrected chi connectivity index (χ2v) is 6.16. The molecule has 114 valence electrons. The molecule has 3 rings (SSSR count). The molecule has 0 aromatic heterocycles. The molecule has 0 radical (unpaired) electrons. The van der Waals surface area contributed by atoms with Crippen LogP contribution in [0, 0.1) is 5.82 Å². The van der Waals surface area contributed by atoms with E-state index in [1.165, 1.54) is 6.07 Å². The summed E-state index contributed by atoms with van der Waals surface area (Å²) in [6.07, 6.45) is -0.413. The molecule has 2 unspecified atom stereocenters. The average Bonchev–Trinajstić information content (AvgIpc) is 2.98. The summed E-state index contributed by atoms with van der Waals surface area (Å²) in [5.41, 5.74) is 8.92. The number of amides is 1. The van der Waals surface area contributed by atoms with Crippen molar-refractivity contribution in [2.24, 2.45) is 0 Å². The number of hydrazine groups is 2. The van der Waals surface area contributed by atoms with Crippen LogP contribution in [0.5, 0.6) is 0 Å². The monoisotopic (exact) mass is 311 g/mol. The molecule has 2 atom stereocenters. The molecule has 2 fully saturated rings. The first-order valence-corrected chi connectivity index (χ1v) is 8.05. The van der Waals surface area contributed by atoms with Crippen molar-refractivity contribution in [1.82, 2.24) is 21.3 Å². The standard InChI is InChI=1S/C13H18FN5OS/c14-9-3-1-2-4-10(9)15-12-11(16-18-17-12)13(20)19-5-7-21-8-6-19/h1-4,11-12,15-18H,5-8H2. The number of nitrogens with one attached hydrogen (secondary N) is 4. The molecule has 8 heteroatoms. The Labute approximate surface area is 126 Å². The fraction of sp³-hybridized carbons (Fsp3) is 0.462. The lowest BCUT2D eigenvalue weighted by molar-refractivity contribution is -0.133. The molecule has 21 heavy (non-hydrogen) atoms. The molecule has 6 nitrogen and oxygen atoms in total. The molecule has 0 bridgehead atoms. The van der Waals surface area contributed by atoms with Gasteiger partial charge in [-0.1, -0.05) is 12.1 Å². The number of para-hydroxylation sites is 1. The smallest absolute Gasteiger partial charge is 0.244 e. The lowest BCUT2D eigenvalue weighted by Crippen LogP contribution is -2.53. The molecule has 2 saturated heterocycles. The zero-order chi connectivity index (χ0) is 14.7. The van der Waals surface area contributed by atoms with E-state index in [0.29, 0.717) is 5.69 Å². The molecule has 2 aliphatic heterocycles. The van der Waals surface area contributed by atoms with Gasteiger partial charge in [0.2, 0.25) is 5.91 Å². The lowest BCUT2D eigenvalue weighted by Gasteiger charge is -2.30. The van der Waals surface area contributed by atoms with Gasteiger partial charge in [0, 0.05) is 24.6 Å². The van der Waals surface area contributed by atoms with Gasteiger partial charge < -0.3 is 10.2 Å². The molecule has 4 N–H and O–H groups in total. The van der Waals surface area contributed by atoms with Crippen molar-refractivity contribution in [1.29, 1.82) is 0 Å². The molecule has 0 spiro atoms.